The third kappa shape index (κ3) is 10.1. The number of carbonyl (C=O) groups is 2. The normalized spacial score (nSPS) is 8.67. The second kappa shape index (κ2) is 9.15. The van der Waals surface area contributed by atoms with Gasteiger partial charge in [0.25, 0.3) is 0 Å². The summed E-state index contributed by atoms with van der Waals surface area (Å²) in [5.74, 6) is -2.16. The molecule has 0 saturated carbocycles. The molecule has 0 aliphatic heterocycles. The van der Waals surface area contributed by atoms with Crippen LogP contribution in [0.15, 0.2) is 24.8 Å². The van der Waals surface area contributed by atoms with Crippen LogP contribution in [0.4, 0.5) is 0 Å². The van der Waals surface area contributed by atoms with Gasteiger partial charge in [0.1, 0.15) is 6.61 Å². The standard InChI is InChI=1S/C7H8O4.K/c1-2-5-11-7(10)4-3-6(8)9;/h2-4H,1,5H2,(H,8,9);/q;+1/p-1/b4-3-;. The molecule has 60 valence electrons. The van der Waals surface area contributed by atoms with Crippen molar-refractivity contribution in [3.63, 3.8) is 0 Å². The Labute approximate surface area is 113 Å². The first-order valence-electron chi connectivity index (χ1n) is 2.83. The van der Waals surface area contributed by atoms with Crippen LogP contribution in [0.3, 0.4) is 0 Å². The van der Waals surface area contributed by atoms with Gasteiger partial charge in [-0.2, -0.15) is 0 Å². The Bertz CT molecular complexity index is 198. The minimum atomic E-state index is -1.43. The van der Waals surface area contributed by atoms with Gasteiger partial charge in [-0.05, 0) is 6.08 Å². The molecule has 0 heterocycles. The largest absolute Gasteiger partial charge is 1.00 e. The molecule has 5 heteroatoms. The molecule has 12 heavy (non-hydrogen) atoms. The molecule has 0 radical (unpaired) electrons. The molecule has 0 aliphatic carbocycles. The van der Waals surface area contributed by atoms with Crippen LogP contribution in [0.25, 0.3) is 0 Å². The summed E-state index contributed by atoms with van der Waals surface area (Å²) in [6, 6.07) is 0. The van der Waals surface area contributed by atoms with Gasteiger partial charge in [0.05, 0.1) is 5.97 Å². The Morgan fingerprint density at radius 2 is 2.00 bits per heavy atom. The van der Waals surface area contributed by atoms with Crippen molar-refractivity contribution in [3.8, 4) is 0 Å². The predicted octanol–water partition coefficient (Wildman–Crippen LogP) is -3.97. The molecule has 0 saturated heterocycles. The van der Waals surface area contributed by atoms with Crippen molar-refractivity contribution < 1.29 is 70.8 Å². The van der Waals surface area contributed by atoms with Crippen molar-refractivity contribution in [1.82, 2.24) is 0 Å². The molecule has 0 aromatic heterocycles. The van der Waals surface area contributed by atoms with E-state index < -0.39 is 11.9 Å². The minimum absolute atomic E-state index is 0. The Morgan fingerprint density at radius 1 is 1.42 bits per heavy atom. The van der Waals surface area contributed by atoms with E-state index in [1.54, 1.807) is 0 Å². The van der Waals surface area contributed by atoms with E-state index in [4.69, 9.17) is 0 Å². The van der Waals surface area contributed by atoms with Crippen molar-refractivity contribution >= 4 is 11.9 Å². The van der Waals surface area contributed by atoms with E-state index in [0.29, 0.717) is 6.08 Å². The number of rotatable bonds is 4. The number of ether oxygens (including phenoxy) is 1. The number of hydrogen-bond acceptors (Lipinski definition) is 4. The average molecular weight is 194 g/mol. The van der Waals surface area contributed by atoms with Crippen molar-refractivity contribution in [2.75, 3.05) is 6.61 Å². The van der Waals surface area contributed by atoms with Crippen LogP contribution < -0.4 is 56.5 Å². The first-order valence-corrected chi connectivity index (χ1v) is 2.83. The molecule has 0 unspecified atom stereocenters. The fourth-order valence-electron chi connectivity index (χ4n) is 0.325. The van der Waals surface area contributed by atoms with Crippen LogP contribution in [-0.4, -0.2) is 18.5 Å². The van der Waals surface area contributed by atoms with Crippen molar-refractivity contribution in [2.24, 2.45) is 0 Å². The monoisotopic (exact) mass is 194 g/mol. The van der Waals surface area contributed by atoms with Crippen LogP contribution in [0, 0.1) is 0 Å². The van der Waals surface area contributed by atoms with Gasteiger partial charge in [0, 0.05) is 6.08 Å². The molecule has 0 fully saturated rings. The molecule has 0 aromatic carbocycles. The molecule has 4 nitrogen and oxygen atoms in total. The Morgan fingerprint density at radius 3 is 2.42 bits per heavy atom. The molecule has 0 rings (SSSR count). The summed E-state index contributed by atoms with van der Waals surface area (Å²) >= 11 is 0. The smallest absolute Gasteiger partial charge is 0.545 e. The summed E-state index contributed by atoms with van der Waals surface area (Å²) in [7, 11) is 0. The van der Waals surface area contributed by atoms with Gasteiger partial charge in [-0.15, -0.1) is 0 Å². The van der Waals surface area contributed by atoms with E-state index in [0.717, 1.165) is 6.08 Å². The van der Waals surface area contributed by atoms with Crippen LogP contribution >= 0.6 is 0 Å². The summed E-state index contributed by atoms with van der Waals surface area (Å²) in [4.78, 5) is 20.2. The second-order valence-electron chi connectivity index (χ2n) is 1.57. The number of aliphatic carboxylic acids is 1. The molecule has 0 spiro atoms. The first-order chi connectivity index (χ1) is 5.16. The Balaban J connectivity index is 0. The van der Waals surface area contributed by atoms with Crippen LogP contribution in [-0.2, 0) is 14.3 Å². The van der Waals surface area contributed by atoms with E-state index in [-0.39, 0.29) is 58.0 Å². The maximum absolute atomic E-state index is 10.5. The van der Waals surface area contributed by atoms with Crippen molar-refractivity contribution in [3.05, 3.63) is 24.8 Å². The van der Waals surface area contributed by atoms with Gasteiger partial charge in [0.15, 0.2) is 0 Å². The predicted molar refractivity (Wildman–Crippen MR) is 35.3 cm³/mol. The van der Waals surface area contributed by atoms with Crippen molar-refractivity contribution in [1.29, 1.82) is 0 Å². The molecule has 0 atom stereocenters. The molecule has 0 aliphatic rings. The van der Waals surface area contributed by atoms with E-state index in [1.165, 1.54) is 6.08 Å². The minimum Gasteiger partial charge on any atom is -0.545 e. The maximum atomic E-state index is 10.5. The zero-order valence-electron chi connectivity index (χ0n) is 6.78. The number of hydrogen-bond donors (Lipinski definition) is 0. The molecule has 0 amide bonds. The summed E-state index contributed by atoms with van der Waals surface area (Å²) < 4.78 is 4.41. The van der Waals surface area contributed by atoms with Crippen molar-refractivity contribution in [2.45, 2.75) is 0 Å². The van der Waals surface area contributed by atoms with E-state index >= 15 is 0 Å². The third-order valence-corrected chi connectivity index (χ3v) is 0.699. The maximum Gasteiger partial charge on any atom is 1.00 e. The van der Waals surface area contributed by atoms with E-state index in [2.05, 4.69) is 11.3 Å². The van der Waals surface area contributed by atoms with Gasteiger partial charge in [-0.3, -0.25) is 0 Å². The molecular formula is C7H7KO4. The van der Waals surface area contributed by atoms with Crippen LogP contribution in [0.1, 0.15) is 0 Å². The zero-order valence-corrected chi connectivity index (χ0v) is 9.90. The molecule has 0 N–H and O–H groups in total. The fourth-order valence-corrected chi connectivity index (χ4v) is 0.325. The second-order valence-corrected chi connectivity index (χ2v) is 1.57. The number of carboxylic acids is 1. The fraction of sp³-hybridized carbons (Fsp3) is 0.143. The summed E-state index contributed by atoms with van der Waals surface area (Å²) in [6.45, 7) is 3.36. The van der Waals surface area contributed by atoms with Gasteiger partial charge < -0.3 is 14.6 Å². The van der Waals surface area contributed by atoms with E-state index in [9.17, 15) is 14.7 Å². The number of carboxylic acid groups (broad SMARTS) is 1. The number of esters is 1. The summed E-state index contributed by atoms with van der Waals surface area (Å²) in [6.07, 6.45) is 2.76. The topological polar surface area (TPSA) is 66.4 Å². The van der Waals surface area contributed by atoms with Crippen LogP contribution in [0.5, 0.6) is 0 Å². The van der Waals surface area contributed by atoms with Gasteiger partial charge >= 0.3 is 57.4 Å². The summed E-state index contributed by atoms with van der Waals surface area (Å²) in [5.41, 5.74) is 0. The quantitative estimate of drug-likeness (QED) is 0.198. The Kier molecular flexibility index (Phi) is 11.1. The van der Waals surface area contributed by atoms with Gasteiger partial charge in [-0.25, -0.2) is 4.79 Å². The first kappa shape index (κ1) is 14.6. The van der Waals surface area contributed by atoms with Crippen LogP contribution in [0.2, 0.25) is 0 Å². The van der Waals surface area contributed by atoms with Gasteiger partial charge in [0.2, 0.25) is 0 Å². The number of carbonyl (C=O) groups excluding carboxylic acids is 2. The molecule has 0 aromatic rings. The Hall–Kier alpha value is 0.0564. The SMILES string of the molecule is C=CCOC(=O)/C=C\C(=O)[O-].[K+]. The summed E-state index contributed by atoms with van der Waals surface area (Å²) in [5, 5.41) is 9.75. The average Bonchev–Trinajstić information content (AvgIpc) is 1.97. The zero-order chi connectivity index (χ0) is 8.69. The third-order valence-electron chi connectivity index (χ3n) is 0.699. The molecular weight excluding hydrogens is 187 g/mol. The molecule has 0 bridgehead atoms. The van der Waals surface area contributed by atoms with E-state index in [1.807, 2.05) is 0 Å². The van der Waals surface area contributed by atoms with Gasteiger partial charge in [-0.1, -0.05) is 12.7 Å².